The predicted octanol–water partition coefficient (Wildman–Crippen LogP) is 2.00. The van der Waals surface area contributed by atoms with Gasteiger partial charge in [-0.15, -0.1) is 0 Å². The van der Waals surface area contributed by atoms with E-state index in [4.69, 9.17) is 0 Å². The summed E-state index contributed by atoms with van der Waals surface area (Å²) in [6, 6.07) is 5.70. The van der Waals surface area contributed by atoms with Crippen LogP contribution in [0, 0.1) is 11.7 Å². The van der Waals surface area contributed by atoms with E-state index in [-0.39, 0.29) is 24.7 Å². The van der Waals surface area contributed by atoms with Crippen LogP contribution in [0.1, 0.15) is 25.7 Å². The van der Waals surface area contributed by atoms with Gasteiger partial charge in [-0.1, -0.05) is 6.07 Å². The minimum atomic E-state index is -0.405. The van der Waals surface area contributed by atoms with Gasteiger partial charge in [-0.2, -0.15) is 0 Å². The van der Waals surface area contributed by atoms with E-state index in [1.54, 1.807) is 6.07 Å². The van der Waals surface area contributed by atoms with Crippen LogP contribution in [0.5, 0.6) is 0 Å². The monoisotopic (exact) mass is 321 g/mol. The van der Waals surface area contributed by atoms with E-state index in [9.17, 15) is 14.0 Å². The van der Waals surface area contributed by atoms with Crippen molar-refractivity contribution in [3.05, 3.63) is 30.1 Å². The number of hydrogen-bond donors (Lipinski definition) is 2. The molecular formula is C17H24FN3O2. The molecular weight excluding hydrogens is 297 g/mol. The van der Waals surface area contributed by atoms with Crippen molar-refractivity contribution >= 4 is 17.5 Å². The smallest absolute Gasteiger partial charge is 0.224 e. The molecule has 2 N–H and O–H groups in total. The van der Waals surface area contributed by atoms with Crippen molar-refractivity contribution < 1.29 is 14.0 Å². The van der Waals surface area contributed by atoms with E-state index in [1.807, 2.05) is 0 Å². The molecule has 0 aromatic heterocycles. The molecule has 1 aromatic rings. The Morgan fingerprint density at radius 1 is 1.30 bits per heavy atom. The molecule has 5 nitrogen and oxygen atoms in total. The van der Waals surface area contributed by atoms with Gasteiger partial charge in [0.05, 0.1) is 0 Å². The zero-order chi connectivity index (χ0) is 16.7. The number of carbonyl (C=O) groups is 2. The number of halogens is 1. The topological polar surface area (TPSA) is 61.4 Å². The van der Waals surface area contributed by atoms with E-state index in [0.29, 0.717) is 18.2 Å². The molecule has 1 fully saturated rings. The molecule has 0 unspecified atom stereocenters. The summed E-state index contributed by atoms with van der Waals surface area (Å²) >= 11 is 0. The van der Waals surface area contributed by atoms with Gasteiger partial charge in [0.2, 0.25) is 11.8 Å². The average Bonchev–Trinajstić information content (AvgIpc) is 2.51. The maximum atomic E-state index is 13.0. The van der Waals surface area contributed by atoms with Crippen LogP contribution in [0.2, 0.25) is 0 Å². The van der Waals surface area contributed by atoms with Crippen LogP contribution in [-0.4, -0.2) is 43.4 Å². The highest BCUT2D eigenvalue weighted by atomic mass is 19.1. The summed E-state index contributed by atoms with van der Waals surface area (Å²) in [4.78, 5) is 25.8. The van der Waals surface area contributed by atoms with Crippen LogP contribution in [0.15, 0.2) is 24.3 Å². The average molecular weight is 321 g/mol. The number of rotatable bonds is 6. The fourth-order valence-electron chi connectivity index (χ4n) is 2.80. The summed E-state index contributed by atoms with van der Waals surface area (Å²) in [7, 11) is 2.09. The van der Waals surface area contributed by atoms with Gasteiger partial charge in [0.25, 0.3) is 0 Å². The Balaban J connectivity index is 1.64. The Labute approximate surface area is 136 Å². The van der Waals surface area contributed by atoms with Crippen LogP contribution >= 0.6 is 0 Å². The SMILES string of the molecule is CN1CCC[C@@H](CNC(=O)CCC(=O)Nc2cccc(F)c2)C1. The summed E-state index contributed by atoms with van der Waals surface area (Å²) in [5, 5.41) is 5.48. The highest BCUT2D eigenvalue weighted by Crippen LogP contribution is 2.14. The molecule has 2 rings (SSSR count). The third-order valence-electron chi connectivity index (χ3n) is 4.00. The van der Waals surface area contributed by atoms with E-state index >= 15 is 0 Å². The first kappa shape index (κ1) is 17.4. The molecule has 6 heteroatoms. The molecule has 1 aliphatic heterocycles. The second kappa shape index (κ2) is 8.62. The molecule has 1 saturated heterocycles. The van der Waals surface area contributed by atoms with Gasteiger partial charge in [0, 0.05) is 31.6 Å². The third-order valence-corrected chi connectivity index (χ3v) is 4.00. The quantitative estimate of drug-likeness (QED) is 0.842. The Morgan fingerprint density at radius 2 is 2.09 bits per heavy atom. The molecule has 0 saturated carbocycles. The number of hydrogen-bond acceptors (Lipinski definition) is 3. The highest BCUT2D eigenvalue weighted by Gasteiger charge is 2.17. The molecule has 23 heavy (non-hydrogen) atoms. The molecule has 126 valence electrons. The van der Waals surface area contributed by atoms with Gasteiger partial charge in [0.15, 0.2) is 0 Å². The normalized spacial score (nSPS) is 18.4. The zero-order valence-electron chi connectivity index (χ0n) is 13.5. The van der Waals surface area contributed by atoms with E-state index in [2.05, 4.69) is 22.6 Å². The lowest BCUT2D eigenvalue weighted by atomic mass is 9.98. The van der Waals surface area contributed by atoms with Crippen molar-refractivity contribution in [2.24, 2.45) is 5.92 Å². The molecule has 1 aromatic carbocycles. The van der Waals surface area contributed by atoms with Gasteiger partial charge >= 0.3 is 0 Å². The van der Waals surface area contributed by atoms with Crippen molar-refractivity contribution in [1.29, 1.82) is 0 Å². The molecule has 0 aliphatic carbocycles. The molecule has 0 spiro atoms. The Bertz CT molecular complexity index is 550. The molecule has 0 bridgehead atoms. The summed E-state index contributed by atoms with van der Waals surface area (Å²) in [6.45, 7) is 2.78. The summed E-state index contributed by atoms with van der Waals surface area (Å²) in [5.41, 5.74) is 0.403. The van der Waals surface area contributed by atoms with Crippen molar-refractivity contribution in [3.8, 4) is 0 Å². The summed E-state index contributed by atoms with van der Waals surface area (Å²) in [5.74, 6) is -0.326. The highest BCUT2D eigenvalue weighted by molar-refractivity contribution is 5.93. The van der Waals surface area contributed by atoms with Crippen molar-refractivity contribution in [2.45, 2.75) is 25.7 Å². The number of piperidine rings is 1. The first-order valence-corrected chi connectivity index (χ1v) is 8.03. The number of carbonyl (C=O) groups excluding carboxylic acids is 2. The number of benzene rings is 1. The van der Waals surface area contributed by atoms with E-state index < -0.39 is 5.82 Å². The van der Waals surface area contributed by atoms with Crippen LogP contribution < -0.4 is 10.6 Å². The van der Waals surface area contributed by atoms with Crippen molar-refractivity contribution in [3.63, 3.8) is 0 Å². The Kier molecular flexibility index (Phi) is 6.52. The maximum Gasteiger partial charge on any atom is 0.224 e. The number of anilines is 1. The molecule has 1 heterocycles. The lowest BCUT2D eigenvalue weighted by Crippen LogP contribution is -2.39. The van der Waals surface area contributed by atoms with Crippen LogP contribution in [0.25, 0.3) is 0 Å². The van der Waals surface area contributed by atoms with Gasteiger partial charge in [-0.05, 0) is 50.6 Å². The number of nitrogens with zero attached hydrogens (tertiary/aromatic N) is 1. The van der Waals surface area contributed by atoms with Crippen LogP contribution in [0.4, 0.5) is 10.1 Å². The Hall–Kier alpha value is -1.95. The Morgan fingerprint density at radius 3 is 2.83 bits per heavy atom. The molecule has 1 aliphatic rings. The standard InChI is InChI=1S/C17H24FN3O2/c1-21-9-3-4-13(12-21)11-19-16(22)7-8-17(23)20-15-6-2-5-14(18)10-15/h2,5-6,10,13H,3-4,7-9,11-12H2,1H3,(H,19,22)(H,20,23)/t13-/m0/s1. The second-order valence-corrected chi connectivity index (χ2v) is 6.13. The number of amides is 2. The lowest BCUT2D eigenvalue weighted by molar-refractivity contribution is -0.124. The molecule has 1 atom stereocenters. The minimum Gasteiger partial charge on any atom is -0.356 e. The van der Waals surface area contributed by atoms with E-state index in [1.165, 1.54) is 18.2 Å². The first-order chi connectivity index (χ1) is 11.0. The maximum absolute atomic E-state index is 13.0. The lowest BCUT2D eigenvalue weighted by Gasteiger charge is -2.29. The van der Waals surface area contributed by atoms with Crippen molar-refractivity contribution in [2.75, 3.05) is 32.0 Å². The summed E-state index contributed by atoms with van der Waals surface area (Å²) < 4.78 is 13.0. The zero-order valence-corrected chi connectivity index (χ0v) is 13.5. The fraction of sp³-hybridized carbons (Fsp3) is 0.529. The second-order valence-electron chi connectivity index (χ2n) is 6.13. The molecule has 2 amide bonds. The fourth-order valence-corrected chi connectivity index (χ4v) is 2.80. The van der Waals surface area contributed by atoms with Gasteiger partial charge < -0.3 is 15.5 Å². The summed E-state index contributed by atoms with van der Waals surface area (Å²) in [6.07, 6.45) is 2.52. The minimum absolute atomic E-state index is 0.0902. The van der Waals surface area contributed by atoms with Crippen molar-refractivity contribution in [1.82, 2.24) is 10.2 Å². The number of nitrogens with one attached hydrogen (secondary N) is 2. The van der Waals surface area contributed by atoms with Gasteiger partial charge in [0.1, 0.15) is 5.82 Å². The third kappa shape index (κ3) is 6.36. The van der Waals surface area contributed by atoms with E-state index in [0.717, 1.165) is 25.9 Å². The number of likely N-dealkylation sites (tertiary alicyclic amines) is 1. The predicted molar refractivity (Wildman–Crippen MR) is 87.5 cm³/mol. The van der Waals surface area contributed by atoms with Gasteiger partial charge in [-0.3, -0.25) is 9.59 Å². The van der Waals surface area contributed by atoms with Gasteiger partial charge in [-0.25, -0.2) is 4.39 Å². The van der Waals surface area contributed by atoms with Crippen LogP contribution in [0.3, 0.4) is 0 Å². The first-order valence-electron chi connectivity index (χ1n) is 8.03. The van der Waals surface area contributed by atoms with Crippen LogP contribution in [-0.2, 0) is 9.59 Å². The largest absolute Gasteiger partial charge is 0.356 e. The molecule has 0 radical (unpaired) electrons.